The van der Waals surface area contributed by atoms with E-state index in [4.69, 9.17) is 6.57 Å². The highest BCUT2D eigenvalue weighted by Gasteiger charge is 2.21. The van der Waals surface area contributed by atoms with Gasteiger partial charge in [0.2, 0.25) is 0 Å². The Morgan fingerprint density at radius 2 is 2.09 bits per heavy atom. The predicted octanol–water partition coefficient (Wildman–Crippen LogP) is 4.65. The van der Waals surface area contributed by atoms with E-state index in [2.05, 4.69) is 25.3 Å². The van der Waals surface area contributed by atoms with Crippen molar-refractivity contribution < 1.29 is 5.11 Å². The molecular weight excluding hydrogens is 278 g/mol. The summed E-state index contributed by atoms with van der Waals surface area (Å²) in [4.78, 5) is 3.48. The lowest BCUT2D eigenvalue weighted by Gasteiger charge is -1.98. The molecule has 0 amide bonds. The summed E-state index contributed by atoms with van der Waals surface area (Å²) in [5.41, 5.74) is 3.37. The molecule has 0 fully saturated rings. The monoisotopic (exact) mass is 293 g/mol. The van der Waals surface area contributed by atoms with Crippen LogP contribution in [0.25, 0.3) is 10.6 Å². The van der Waals surface area contributed by atoms with E-state index in [0.29, 0.717) is 29.3 Å². The Morgan fingerprint density at radius 1 is 1.32 bits per heavy atom. The van der Waals surface area contributed by atoms with Crippen LogP contribution in [0.5, 0.6) is 0 Å². The minimum Gasteiger partial charge on any atom is -0.505 e. The second kappa shape index (κ2) is 5.45. The number of benzene rings is 1. The van der Waals surface area contributed by atoms with E-state index in [1.165, 1.54) is 0 Å². The summed E-state index contributed by atoms with van der Waals surface area (Å²) in [6, 6.07) is 7.60. The molecule has 2 N–H and O–H groups in total. The van der Waals surface area contributed by atoms with Gasteiger partial charge in [-0.25, -0.2) is 4.85 Å². The normalized spacial score (nSPS) is 13.9. The number of hydrogen-bond acceptors (Lipinski definition) is 4. The SMILES string of the molecule is [C-]#[N+]c1c(C(C)C)n[nH]c1/N=N/C1=C(O)c2ccccc2C1. The molecule has 0 radical (unpaired) electrons. The maximum Gasteiger partial charge on any atom is 0.254 e. The van der Waals surface area contributed by atoms with Gasteiger partial charge in [0.05, 0.1) is 12.3 Å². The summed E-state index contributed by atoms with van der Waals surface area (Å²) in [5, 5.41) is 25.2. The van der Waals surface area contributed by atoms with Crippen molar-refractivity contribution in [1.29, 1.82) is 0 Å². The summed E-state index contributed by atoms with van der Waals surface area (Å²) in [7, 11) is 0. The van der Waals surface area contributed by atoms with Gasteiger partial charge < -0.3 is 5.11 Å². The number of hydrogen-bond donors (Lipinski definition) is 2. The zero-order chi connectivity index (χ0) is 15.7. The number of aromatic amines is 1. The van der Waals surface area contributed by atoms with Crippen LogP contribution < -0.4 is 0 Å². The number of nitrogens with zero attached hydrogens (tertiary/aromatic N) is 4. The standard InChI is InChI=1S/C16H15N5O/c1-9(2)13-14(17-3)16(21-19-13)20-18-12-8-10-6-4-5-7-11(10)15(12)22/h4-7,9,22H,8H2,1-2H3,(H,19,21)/b20-18+. The summed E-state index contributed by atoms with van der Waals surface area (Å²) in [6.45, 7) is 11.2. The lowest BCUT2D eigenvalue weighted by Crippen LogP contribution is -1.86. The molecule has 22 heavy (non-hydrogen) atoms. The van der Waals surface area contributed by atoms with Gasteiger partial charge in [0, 0.05) is 12.0 Å². The van der Waals surface area contributed by atoms with Gasteiger partial charge in [0.25, 0.3) is 5.69 Å². The molecule has 1 aromatic carbocycles. The van der Waals surface area contributed by atoms with Gasteiger partial charge in [-0.3, -0.25) is 5.10 Å². The van der Waals surface area contributed by atoms with Crippen LogP contribution in [-0.4, -0.2) is 15.3 Å². The first-order valence-corrected chi connectivity index (χ1v) is 6.99. The van der Waals surface area contributed by atoms with Crippen molar-refractivity contribution in [3.8, 4) is 0 Å². The molecule has 0 saturated carbocycles. The number of aliphatic hydroxyl groups excluding tert-OH is 1. The number of fused-ring (bicyclic) bond motifs is 1. The van der Waals surface area contributed by atoms with Crippen molar-refractivity contribution in [2.24, 2.45) is 10.2 Å². The van der Waals surface area contributed by atoms with Crippen molar-refractivity contribution in [2.75, 3.05) is 0 Å². The minimum absolute atomic E-state index is 0.132. The van der Waals surface area contributed by atoms with Crippen LogP contribution in [0.15, 0.2) is 40.2 Å². The van der Waals surface area contributed by atoms with E-state index >= 15 is 0 Å². The zero-order valence-electron chi connectivity index (χ0n) is 12.3. The summed E-state index contributed by atoms with van der Waals surface area (Å²) in [5.74, 6) is 0.606. The predicted molar refractivity (Wildman–Crippen MR) is 83.1 cm³/mol. The van der Waals surface area contributed by atoms with Gasteiger partial charge in [-0.2, -0.15) is 10.2 Å². The third-order valence-electron chi connectivity index (χ3n) is 3.58. The molecular formula is C16H15N5O. The van der Waals surface area contributed by atoms with Crippen LogP contribution in [0.4, 0.5) is 11.5 Å². The van der Waals surface area contributed by atoms with Crippen molar-refractivity contribution in [2.45, 2.75) is 26.2 Å². The average molecular weight is 293 g/mol. The Bertz CT molecular complexity index is 823. The van der Waals surface area contributed by atoms with Gasteiger partial charge in [0.15, 0.2) is 5.82 Å². The van der Waals surface area contributed by atoms with E-state index in [9.17, 15) is 5.11 Å². The summed E-state index contributed by atoms with van der Waals surface area (Å²) >= 11 is 0. The lowest BCUT2D eigenvalue weighted by molar-refractivity contribution is 0.508. The molecule has 0 atom stereocenters. The first-order chi connectivity index (χ1) is 10.6. The maximum atomic E-state index is 10.2. The summed E-state index contributed by atoms with van der Waals surface area (Å²) in [6.07, 6.45) is 0.532. The highest BCUT2D eigenvalue weighted by molar-refractivity contribution is 5.71. The fraction of sp³-hybridized carbons (Fsp3) is 0.250. The number of H-pyrrole nitrogens is 1. The van der Waals surface area contributed by atoms with Crippen LogP contribution in [0.1, 0.15) is 36.6 Å². The first-order valence-electron chi connectivity index (χ1n) is 6.99. The molecule has 110 valence electrons. The average Bonchev–Trinajstić information content (AvgIpc) is 3.07. The molecule has 3 rings (SSSR count). The number of aliphatic hydroxyl groups is 1. The fourth-order valence-electron chi connectivity index (χ4n) is 2.44. The van der Waals surface area contributed by atoms with Crippen LogP contribution in [0.2, 0.25) is 0 Å². The van der Waals surface area contributed by atoms with E-state index in [1.54, 1.807) is 0 Å². The Morgan fingerprint density at radius 3 is 2.77 bits per heavy atom. The Balaban J connectivity index is 1.91. The maximum absolute atomic E-state index is 10.2. The fourth-order valence-corrected chi connectivity index (χ4v) is 2.44. The highest BCUT2D eigenvalue weighted by Crippen LogP contribution is 2.36. The Labute approximate surface area is 128 Å². The van der Waals surface area contributed by atoms with E-state index < -0.39 is 0 Å². The van der Waals surface area contributed by atoms with Crippen LogP contribution in [-0.2, 0) is 6.42 Å². The Hall–Kier alpha value is -2.94. The number of aromatic nitrogens is 2. The van der Waals surface area contributed by atoms with Gasteiger partial charge in [-0.1, -0.05) is 38.1 Å². The number of allylic oxidation sites excluding steroid dienone is 1. The van der Waals surface area contributed by atoms with Gasteiger partial charge in [-0.05, 0) is 11.5 Å². The molecule has 6 nitrogen and oxygen atoms in total. The van der Waals surface area contributed by atoms with Crippen molar-refractivity contribution in [1.82, 2.24) is 10.2 Å². The molecule has 1 heterocycles. The molecule has 0 bridgehead atoms. The van der Waals surface area contributed by atoms with Gasteiger partial charge in [-0.15, -0.1) is 5.11 Å². The van der Waals surface area contributed by atoms with Crippen LogP contribution in [0.3, 0.4) is 0 Å². The molecule has 0 unspecified atom stereocenters. The topological polar surface area (TPSA) is 78.0 Å². The zero-order valence-corrected chi connectivity index (χ0v) is 12.3. The molecule has 1 aliphatic rings. The molecule has 0 saturated heterocycles. The molecule has 0 aliphatic heterocycles. The minimum atomic E-state index is 0.132. The Kier molecular flexibility index (Phi) is 3.47. The van der Waals surface area contributed by atoms with E-state index in [-0.39, 0.29) is 11.7 Å². The molecule has 1 aromatic heterocycles. The molecule has 2 aromatic rings. The van der Waals surface area contributed by atoms with E-state index in [1.807, 2.05) is 38.1 Å². The van der Waals surface area contributed by atoms with Crippen LogP contribution >= 0.6 is 0 Å². The first kappa shape index (κ1) is 14.0. The smallest absolute Gasteiger partial charge is 0.254 e. The highest BCUT2D eigenvalue weighted by atomic mass is 16.3. The van der Waals surface area contributed by atoms with Crippen molar-refractivity contribution >= 4 is 17.3 Å². The second-order valence-corrected chi connectivity index (χ2v) is 5.40. The van der Waals surface area contributed by atoms with Gasteiger partial charge >= 0.3 is 0 Å². The van der Waals surface area contributed by atoms with Gasteiger partial charge in [0.1, 0.15) is 11.5 Å². The summed E-state index contributed by atoms with van der Waals surface area (Å²) < 4.78 is 0. The van der Waals surface area contributed by atoms with Crippen molar-refractivity contribution in [3.63, 3.8) is 0 Å². The van der Waals surface area contributed by atoms with E-state index in [0.717, 1.165) is 11.1 Å². The molecule has 0 spiro atoms. The second-order valence-electron chi connectivity index (χ2n) is 5.40. The molecule has 6 heteroatoms. The largest absolute Gasteiger partial charge is 0.505 e. The number of nitrogens with one attached hydrogen (secondary N) is 1. The third-order valence-corrected chi connectivity index (χ3v) is 3.58. The van der Waals surface area contributed by atoms with Crippen LogP contribution in [0, 0.1) is 6.57 Å². The number of rotatable bonds is 3. The van der Waals surface area contributed by atoms with Crippen molar-refractivity contribution in [3.05, 3.63) is 58.2 Å². The quantitative estimate of drug-likeness (QED) is 0.638. The third kappa shape index (κ3) is 2.27. The number of azo groups is 1. The lowest BCUT2D eigenvalue weighted by atomic mass is 10.1. The molecule has 1 aliphatic carbocycles.